The molecule has 0 saturated carbocycles. The second kappa shape index (κ2) is 13.7. The van der Waals surface area contributed by atoms with Crippen LogP contribution < -0.4 is 4.74 Å². The Hall–Kier alpha value is -3.15. The third kappa shape index (κ3) is 7.31. The molecule has 234 valence electrons. The third-order valence-electron chi connectivity index (χ3n) is 9.01. The zero-order chi connectivity index (χ0) is 31.6. The lowest BCUT2D eigenvalue weighted by Gasteiger charge is -2.20. The molecule has 6 heteroatoms. The SMILES string of the molecule is CC(C)(O)c1ccc(-c2ccc3c(c2)CCCC(c2ccc(Cl)cc2Cl)=C3c2ccc(O[C@H]3CCN(CCCF)C3)cc2)cc1. The van der Waals surface area contributed by atoms with Crippen molar-refractivity contribution in [2.45, 2.75) is 57.7 Å². The van der Waals surface area contributed by atoms with Crippen molar-refractivity contribution in [1.29, 1.82) is 0 Å². The molecule has 1 atom stereocenters. The second-order valence-corrected chi connectivity index (χ2v) is 13.6. The van der Waals surface area contributed by atoms with Crippen LogP contribution in [0.3, 0.4) is 0 Å². The number of rotatable bonds is 9. The van der Waals surface area contributed by atoms with E-state index in [2.05, 4.69) is 59.5 Å². The minimum Gasteiger partial charge on any atom is -0.489 e. The largest absolute Gasteiger partial charge is 0.489 e. The Morgan fingerprint density at radius 2 is 1.58 bits per heavy atom. The number of benzene rings is 4. The average molecular weight is 645 g/mol. The first kappa shape index (κ1) is 31.8. The van der Waals surface area contributed by atoms with Gasteiger partial charge in [-0.25, -0.2) is 0 Å². The van der Waals surface area contributed by atoms with Gasteiger partial charge in [-0.15, -0.1) is 0 Å². The van der Waals surface area contributed by atoms with Crippen molar-refractivity contribution in [2.75, 3.05) is 26.3 Å². The van der Waals surface area contributed by atoms with Crippen molar-refractivity contribution in [3.63, 3.8) is 0 Å². The minimum absolute atomic E-state index is 0.118. The van der Waals surface area contributed by atoms with Crippen LogP contribution in [-0.2, 0) is 12.0 Å². The molecule has 1 aliphatic heterocycles. The summed E-state index contributed by atoms with van der Waals surface area (Å²) >= 11 is 13.1. The Balaban J connectivity index is 1.36. The monoisotopic (exact) mass is 643 g/mol. The second-order valence-electron chi connectivity index (χ2n) is 12.7. The Kier molecular flexibility index (Phi) is 9.68. The Labute approximate surface area is 276 Å². The molecule has 1 aliphatic carbocycles. The lowest BCUT2D eigenvalue weighted by atomic mass is 9.86. The molecule has 0 aromatic heterocycles. The highest BCUT2D eigenvalue weighted by molar-refractivity contribution is 6.36. The van der Waals surface area contributed by atoms with Crippen LogP contribution in [0.4, 0.5) is 4.39 Å². The van der Waals surface area contributed by atoms with Crippen molar-refractivity contribution in [2.24, 2.45) is 0 Å². The van der Waals surface area contributed by atoms with Crippen molar-refractivity contribution >= 4 is 34.3 Å². The topological polar surface area (TPSA) is 32.7 Å². The van der Waals surface area contributed by atoms with E-state index in [0.717, 1.165) is 78.9 Å². The van der Waals surface area contributed by atoms with E-state index in [1.807, 2.05) is 30.3 Å². The van der Waals surface area contributed by atoms with E-state index in [1.165, 1.54) is 22.3 Å². The summed E-state index contributed by atoms with van der Waals surface area (Å²) in [7, 11) is 0. The fourth-order valence-corrected chi connectivity index (χ4v) is 7.17. The molecule has 1 heterocycles. The predicted octanol–water partition coefficient (Wildman–Crippen LogP) is 10.00. The van der Waals surface area contributed by atoms with E-state index in [0.29, 0.717) is 16.5 Å². The van der Waals surface area contributed by atoms with Crippen LogP contribution in [0.1, 0.15) is 67.3 Å². The molecule has 2 aliphatic rings. The van der Waals surface area contributed by atoms with Gasteiger partial charge in [0.15, 0.2) is 0 Å². The molecule has 4 aromatic rings. The molecule has 1 saturated heterocycles. The number of aryl methyl sites for hydroxylation is 1. The zero-order valence-electron chi connectivity index (χ0n) is 26.0. The minimum atomic E-state index is -0.875. The first-order chi connectivity index (χ1) is 21.7. The molecule has 0 amide bonds. The van der Waals surface area contributed by atoms with Gasteiger partial charge in [0.25, 0.3) is 0 Å². The van der Waals surface area contributed by atoms with Crippen LogP contribution in [0, 0.1) is 0 Å². The van der Waals surface area contributed by atoms with E-state index < -0.39 is 5.60 Å². The van der Waals surface area contributed by atoms with Gasteiger partial charge in [-0.3, -0.25) is 9.29 Å². The van der Waals surface area contributed by atoms with Gasteiger partial charge in [0.1, 0.15) is 11.9 Å². The molecular formula is C39H40Cl2FNO2. The summed E-state index contributed by atoms with van der Waals surface area (Å²) in [4.78, 5) is 2.28. The van der Waals surface area contributed by atoms with E-state index in [1.54, 1.807) is 13.8 Å². The maximum absolute atomic E-state index is 12.6. The molecule has 0 unspecified atom stereocenters. The van der Waals surface area contributed by atoms with Crippen LogP contribution >= 0.6 is 23.2 Å². The van der Waals surface area contributed by atoms with Crippen LogP contribution in [0.15, 0.2) is 84.9 Å². The molecule has 3 nitrogen and oxygen atoms in total. The van der Waals surface area contributed by atoms with E-state index in [4.69, 9.17) is 27.9 Å². The lowest BCUT2D eigenvalue weighted by Crippen LogP contribution is -2.26. The molecule has 0 radical (unpaired) electrons. The first-order valence-electron chi connectivity index (χ1n) is 15.9. The fourth-order valence-electron chi connectivity index (χ4n) is 6.64. The fraction of sp³-hybridized carbons (Fsp3) is 0.333. The van der Waals surface area contributed by atoms with Crippen molar-refractivity contribution < 1.29 is 14.2 Å². The van der Waals surface area contributed by atoms with Gasteiger partial charge in [-0.1, -0.05) is 83.9 Å². The summed E-state index contributed by atoms with van der Waals surface area (Å²) in [5.41, 5.74) is 9.32. The molecular weight excluding hydrogens is 604 g/mol. The van der Waals surface area contributed by atoms with Gasteiger partial charge in [0, 0.05) is 29.7 Å². The summed E-state index contributed by atoms with van der Waals surface area (Å²) in [5.74, 6) is 0.849. The molecule has 6 rings (SSSR count). The predicted molar refractivity (Wildman–Crippen MR) is 185 cm³/mol. The Morgan fingerprint density at radius 1 is 0.867 bits per heavy atom. The van der Waals surface area contributed by atoms with Gasteiger partial charge in [-0.2, -0.15) is 0 Å². The van der Waals surface area contributed by atoms with Gasteiger partial charge in [0.2, 0.25) is 0 Å². The first-order valence-corrected chi connectivity index (χ1v) is 16.7. The maximum atomic E-state index is 12.6. The molecule has 0 spiro atoms. The number of allylic oxidation sites excluding steroid dienone is 1. The van der Waals surface area contributed by atoms with Crippen LogP contribution in [0.2, 0.25) is 10.0 Å². The van der Waals surface area contributed by atoms with Crippen molar-refractivity contribution in [3.05, 3.63) is 123 Å². The van der Waals surface area contributed by atoms with E-state index in [-0.39, 0.29) is 12.8 Å². The number of alkyl halides is 1. The average Bonchev–Trinajstić information content (AvgIpc) is 3.38. The maximum Gasteiger partial charge on any atom is 0.119 e. The van der Waals surface area contributed by atoms with E-state index >= 15 is 0 Å². The van der Waals surface area contributed by atoms with Crippen molar-refractivity contribution in [3.8, 4) is 16.9 Å². The van der Waals surface area contributed by atoms with E-state index in [9.17, 15) is 9.50 Å². The normalized spacial score (nSPS) is 17.3. The highest BCUT2D eigenvalue weighted by Crippen LogP contribution is 2.43. The van der Waals surface area contributed by atoms with Crippen LogP contribution in [-0.4, -0.2) is 42.4 Å². The summed E-state index contributed by atoms with van der Waals surface area (Å²) in [6, 6.07) is 29.1. The smallest absolute Gasteiger partial charge is 0.119 e. The summed E-state index contributed by atoms with van der Waals surface area (Å²) in [6.07, 6.45) is 4.48. The number of aliphatic hydroxyl groups is 1. The molecule has 0 bridgehead atoms. The number of nitrogens with zero attached hydrogens (tertiary/aromatic N) is 1. The Bertz CT molecular complexity index is 1680. The number of halogens is 3. The van der Waals surface area contributed by atoms with Gasteiger partial charge in [-0.05, 0) is 120 Å². The lowest BCUT2D eigenvalue weighted by molar-refractivity contribution is 0.0786. The third-order valence-corrected chi connectivity index (χ3v) is 9.56. The number of ether oxygens (including phenoxy) is 1. The number of hydrogen-bond acceptors (Lipinski definition) is 3. The van der Waals surface area contributed by atoms with Crippen molar-refractivity contribution in [1.82, 2.24) is 4.90 Å². The molecule has 45 heavy (non-hydrogen) atoms. The zero-order valence-corrected chi connectivity index (χ0v) is 27.5. The standard InChI is InChI=1S/C39H40Cl2FNO2/c1-39(2,44)30-12-7-26(8-13-30)28-11-17-34-29(23-28)5-3-6-36(35-18-14-31(40)24-37(35)41)38(34)27-9-15-32(16-10-27)45-33-19-22-43(25-33)21-4-20-42/h7-18,23-24,33,44H,3-6,19-22,25H2,1-2H3/t33-/m0/s1. The van der Waals surface area contributed by atoms with Gasteiger partial charge < -0.3 is 9.84 Å². The molecule has 4 aromatic carbocycles. The number of fused-ring (bicyclic) bond motifs is 1. The Morgan fingerprint density at radius 3 is 2.29 bits per heavy atom. The van der Waals surface area contributed by atoms with Gasteiger partial charge >= 0.3 is 0 Å². The highest BCUT2D eigenvalue weighted by atomic mass is 35.5. The number of hydrogen-bond donors (Lipinski definition) is 1. The summed E-state index contributed by atoms with van der Waals surface area (Å²) < 4.78 is 19.0. The molecule has 1 N–H and O–H groups in total. The summed E-state index contributed by atoms with van der Waals surface area (Å²) in [6.45, 7) is 5.91. The quantitative estimate of drug-likeness (QED) is 0.197. The highest BCUT2D eigenvalue weighted by Gasteiger charge is 2.25. The summed E-state index contributed by atoms with van der Waals surface area (Å²) in [5, 5.41) is 11.7. The van der Waals surface area contributed by atoms with Crippen LogP contribution in [0.5, 0.6) is 5.75 Å². The van der Waals surface area contributed by atoms with Gasteiger partial charge in [0.05, 0.1) is 12.3 Å². The molecule has 1 fully saturated rings. The van der Waals surface area contributed by atoms with Crippen LogP contribution in [0.25, 0.3) is 22.3 Å². The number of likely N-dealkylation sites (tertiary alicyclic amines) is 1.